The Morgan fingerprint density at radius 1 is 1.33 bits per heavy atom. The topological polar surface area (TPSA) is 12.0 Å². The third-order valence-corrected chi connectivity index (χ3v) is 4.64. The minimum atomic E-state index is 0.434. The van der Waals surface area contributed by atoms with E-state index < -0.39 is 0 Å². The molecule has 1 fully saturated rings. The first-order valence-electron chi connectivity index (χ1n) is 6.66. The quantitative estimate of drug-likeness (QED) is 0.845. The smallest absolute Gasteiger partial charge is 0.0453 e. The number of rotatable bonds is 4. The summed E-state index contributed by atoms with van der Waals surface area (Å²) >= 11 is 12.1. The molecule has 0 saturated heterocycles. The lowest BCUT2D eigenvalue weighted by atomic mass is 9.87. The average Bonchev–Trinajstić information content (AvgIpc) is 2.61. The van der Waals surface area contributed by atoms with Crippen molar-refractivity contribution >= 4 is 23.2 Å². The Balaban J connectivity index is 1.85. The molecule has 3 heteroatoms. The number of nitrogens with one attached hydrogen (secondary N) is 1. The summed E-state index contributed by atoms with van der Waals surface area (Å²) in [5.74, 6) is 0. The van der Waals surface area contributed by atoms with E-state index in [1.165, 1.54) is 24.8 Å². The molecule has 1 unspecified atom stereocenters. The minimum absolute atomic E-state index is 0.434. The van der Waals surface area contributed by atoms with Crippen LogP contribution in [0, 0.1) is 5.41 Å². The molecule has 0 bridgehead atoms. The molecule has 1 N–H and O–H groups in total. The highest BCUT2D eigenvalue weighted by Crippen LogP contribution is 2.37. The van der Waals surface area contributed by atoms with Gasteiger partial charge in [-0.3, -0.25) is 0 Å². The molecule has 1 aliphatic carbocycles. The van der Waals surface area contributed by atoms with Crippen molar-refractivity contribution in [2.24, 2.45) is 5.41 Å². The monoisotopic (exact) mass is 285 g/mol. The Labute approximate surface area is 120 Å². The van der Waals surface area contributed by atoms with Gasteiger partial charge >= 0.3 is 0 Å². The van der Waals surface area contributed by atoms with Gasteiger partial charge in [0.2, 0.25) is 0 Å². The molecule has 0 heterocycles. The molecule has 1 aromatic carbocycles. The lowest BCUT2D eigenvalue weighted by Crippen LogP contribution is -2.38. The standard InChI is InChI=1S/C15H21Cl2N/c1-15(2)8-3-4-14(15)18-9-7-11-5-6-12(16)10-13(11)17/h5-6,10,14,18H,3-4,7-9H2,1-2H3. The van der Waals surface area contributed by atoms with Gasteiger partial charge in [0.1, 0.15) is 0 Å². The van der Waals surface area contributed by atoms with Crippen molar-refractivity contribution in [1.82, 2.24) is 5.32 Å². The van der Waals surface area contributed by atoms with Crippen LogP contribution in [-0.2, 0) is 6.42 Å². The van der Waals surface area contributed by atoms with Crippen LogP contribution in [0.5, 0.6) is 0 Å². The van der Waals surface area contributed by atoms with E-state index in [9.17, 15) is 0 Å². The van der Waals surface area contributed by atoms with E-state index in [1.54, 1.807) is 0 Å². The fourth-order valence-corrected chi connectivity index (χ4v) is 3.31. The lowest BCUT2D eigenvalue weighted by Gasteiger charge is -2.28. The predicted octanol–water partition coefficient (Wildman–Crippen LogP) is 4.70. The second-order valence-electron chi connectivity index (χ2n) is 5.87. The maximum atomic E-state index is 6.17. The van der Waals surface area contributed by atoms with Crippen LogP contribution >= 0.6 is 23.2 Å². The van der Waals surface area contributed by atoms with Crippen molar-refractivity contribution in [2.45, 2.75) is 45.6 Å². The molecular formula is C15H21Cl2N. The van der Waals surface area contributed by atoms with E-state index in [2.05, 4.69) is 19.2 Å². The van der Waals surface area contributed by atoms with Gasteiger partial charge in [-0.1, -0.05) is 49.5 Å². The summed E-state index contributed by atoms with van der Waals surface area (Å²) in [6, 6.07) is 6.38. The van der Waals surface area contributed by atoms with E-state index >= 15 is 0 Å². The van der Waals surface area contributed by atoms with Crippen molar-refractivity contribution in [2.75, 3.05) is 6.54 Å². The van der Waals surface area contributed by atoms with Crippen LogP contribution < -0.4 is 5.32 Å². The van der Waals surface area contributed by atoms with Gasteiger partial charge in [-0.2, -0.15) is 0 Å². The van der Waals surface area contributed by atoms with Gasteiger partial charge in [-0.15, -0.1) is 0 Å². The number of hydrogen-bond donors (Lipinski definition) is 1. The van der Waals surface area contributed by atoms with E-state index in [1.807, 2.05) is 18.2 Å². The van der Waals surface area contributed by atoms with Crippen molar-refractivity contribution < 1.29 is 0 Å². The van der Waals surface area contributed by atoms with E-state index in [0.29, 0.717) is 16.5 Å². The van der Waals surface area contributed by atoms with Crippen LogP contribution in [0.25, 0.3) is 0 Å². The van der Waals surface area contributed by atoms with Gasteiger partial charge < -0.3 is 5.32 Å². The summed E-state index contributed by atoms with van der Waals surface area (Å²) in [6.07, 6.45) is 4.92. The number of hydrogen-bond acceptors (Lipinski definition) is 1. The molecular weight excluding hydrogens is 265 g/mol. The zero-order chi connectivity index (χ0) is 13.2. The molecule has 0 amide bonds. The lowest BCUT2D eigenvalue weighted by molar-refractivity contribution is 0.285. The van der Waals surface area contributed by atoms with E-state index in [0.717, 1.165) is 18.0 Å². The third kappa shape index (κ3) is 3.40. The molecule has 0 radical (unpaired) electrons. The minimum Gasteiger partial charge on any atom is -0.313 e. The van der Waals surface area contributed by atoms with Crippen molar-refractivity contribution in [3.63, 3.8) is 0 Å². The molecule has 1 atom stereocenters. The van der Waals surface area contributed by atoms with Crippen LogP contribution in [0.15, 0.2) is 18.2 Å². The van der Waals surface area contributed by atoms with Gasteiger partial charge in [-0.05, 0) is 48.9 Å². The maximum Gasteiger partial charge on any atom is 0.0453 e. The number of halogens is 2. The Bertz CT molecular complexity index is 415. The Kier molecular flexibility index (Phi) is 4.58. The van der Waals surface area contributed by atoms with Crippen LogP contribution in [0.1, 0.15) is 38.7 Å². The van der Waals surface area contributed by atoms with Crippen LogP contribution in [0.4, 0.5) is 0 Å². The molecule has 1 aliphatic rings. The zero-order valence-electron chi connectivity index (χ0n) is 11.1. The second kappa shape index (κ2) is 5.81. The summed E-state index contributed by atoms with van der Waals surface area (Å²) in [5.41, 5.74) is 1.61. The van der Waals surface area contributed by atoms with Crippen molar-refractivity contribution in [3.8, 4) is 0 Å². The van der Waals surface area contributed by atoms with E-state index in [-0.39, 0.29) is 0 Å². The Morgan fingerprint density at radius 3 is 2.72 bits per heavy atom. The first-order chi connectivity index (χ1) is 8.49. The Hall–Kier alpha value is -0.240. The first kappa shape index (κ1) is 14.2. The molecule has 100 valence electrons. The molecule has 2 rings (SSSR count). The van der Waals surface area contributed by atoms with Crippen LogP contribution in [0.2, 0.25) is 10.0 Å². The maximum absolute atomic E-state index is 6.17. The summed E-state index contributed by atoms with van der Waals surface area (Å²) < 4.78 is 0. The molecule has 1 nitrogen and oxygen atoms in total. The fourth-order valence-electron chi connectivity index (χ4n) is 2.81. The molecule has 0 aliphatic heterocycles. The van der Waals surface area contributed by atoms with Gasteiger partial charge in [0.25, 0.3) is 0 Å². The molecule has 1 saturated carbocycles. The summed E-state index contributed by atoms with van der Waals surface area (Å²) in [6.45, 7) is 5.69. The van der Waals surface area contributed by atoms with Crippen LogP contribution in [0.3, 0.4) is 0 Å². The molecule has 1 aromatic rings. The van der Waals surface area contributed by atoms with Gasteiger partial charge in [0.15, 0.2) is 0 Å². The van der Waals surface area contributed by atoms with Crippen LogP contribution in [-0.4, -0.2) is 12.6 Å². The SMILES string of the molecule is CC1(C)CCCC1NCCc1ccc(Cl)cc1Cl. The highest BCUT2D eigenvalue weighted by Gasteiger charge is 2.33. The van der Waals surface area contributed by atoms with Gasteiger partial charge in [-0.25, -0.2) is 0 Å². The fraction of sp³-hybridized carbons (Fsp3) is 0.600. The van der Waals surface area contributed by atoms with E-state index in [4.69, 9.17) is 23.2 Å². The summed E-state index contributed by atoms with van der Waals surface area (Å²) in [7, 11) is 0. The highest BCUT2D eigenvalue weighted by molar-refractivity contribution is 6.35. The molecule has 18 heavy (non-hydrogen) atoms. The van der Waals surface area contributed by atoms with Crippen molar-refractivity contribution in [3.05, 3.63) is 33.8 Å². The van der Waals surface area contributed by atoms with Gasteiger partial charge in [0, 0.05) is 16.1 Å². The third-order valence-electron chi connectivity index (χ3n) is 4.06. The van der Waals surface area contributed by atoms with Gasteiger partial charge in [0.05, 0.1) is 0 Å². The van der Waals surface area contributed by atoms with Crippen molar-refractivity contribution in [1.29, 1.82) is 0 Å². The predicted molar refractivity (Wildman–Crippen MR) is 79.6 cm³/mol. The number of benzene rings is 1. The summed E-state index contributed by atoms with van der Waals surface area (Å²) in [5, 5.41) is 5.15. The normalized spacial score (nSPS) is 22.3. The summed E-state index contributed by atoms with van der Waals surface area (Å²) in [4.78, 5) is 0. The average molecular weight is 286 g/mol. The first-order valence-corrected chi connectivity index (χ1v) is 7.42. The second-order valence-corrected chi connectivity index (χ2v) is 6.72. The molecule has 0 spiro atoms. The largest absolute Gasteiger partial charge is 0.313 e. The zero-order valence-corrected chi connectivity index (χ0v) is 12.6. The molecule has 0 aromatic heterocycles. The Morgan fingerprint density at radius 2 is 2.11 bits per heavy atom. The highest BCUT2D eigenvalue weighted by atomic mass is 35.5.